The van der Waals surface area contributed by atoms with Crippen molar-refractivity contribution in [2.45, 2.75) is 33.0 Å². The summed E-state index contributed by atoms with van der Waals surface area (Å²) in [5.41, 5.74) is 0.850. The van der Waals surface area contributed by atoms with Crippen LogP contribution in [0.25, 0.3) is 0 Å². The molecule has 0 aliphatic rings. The summed E-state index contributed by atoms with van der Waals surface area (Å²) in [4.78, 5) is 0. The lowest BCUT2D eigenvalue weighted by Gasteiger charge is -2.13. The van der Waals surface area contributed by atoms with E-state index >= 15 is 0 Å². The molecule has 1 rings (SSSR count). The van der Waals surface area contributed by atoms with Crippen molar-refractivity contribution in [3.05, 3.63) is 28.2 Å². The Morgan fingerprint density at radius 3 is 2.43 bits per heavy atom. The van der Waals surface area contributed by atoms with Gasteiger partial charge in [0.25, 0.3) is 0 Å². The largest absolute Gasteiger partial charge is 0.491 e. The third-order valence-electron chi connectivity index (χ3n) is 1.79. The van der Waals surface area contributed by atoms with Gasteiger partial charge in [-0.25, -0.2) is 0 Å². The van der Waals surface area contributed by atoms with E-state index < -0.39 is 6.10 Å². The Kier molecular flexibility index (Phi) is 3.96. The van der Waals surface area contributed by atoms with Gasteiger partial charge in [0.1, 0.15) is 5.75 Å². The van der Waals surface area contributed by atoms with E-state index in [4.69, 9.17) is 4.74 Å². The summed E-state index contributed by atoms with van der Waals surface area (Å²) < 4.78 is 6.43. The number of ether oxygens (including phenoxy) is 1. The van der Waals surface area contributed by atoms with E-state index in [2.05, 4.69) is 15.9 Å². The third kappa shape index (κ3) is 3.00. The van der Waals surface area contributed by atoms with Crippen LogP contribution in [0, 0.1) is 0 Å². The molecular formula is C11H15BrO2. The monoisotopic (exact) mass is 258 g/mol. The van der Waals surface area contributed by atoms with E-state index in [1.807, 2.05) is 32.0 Å². The first-order chi connectivity index (χ1) is 6.50. The van der Waals surface area contributed by atoms with Gasteiger partial charge < -0.3 is 9.84 Å². The molecule has 0 fully saturated rings. The SMILES string of the molecule is CC(C)Oc1ccc(Br)c([C@H](C)O)c1. The van der Waals surface area contributed by atoms with Crippen molar-refractivity contribution in [1.82, 2.24) is 0 Å². The molecule has 2 nitrogen and oxygen atoms in total. The maximum Gasteiger partial charge on any atom is 0.120 e. The minimum atomic E-state index is -0.486. The molecule has 78 valence electrons. The highest BCUT2D eigenvalue weighted by atomic mass is 79.9. The summed E-state index contributed by atoms with van der Waals surface area (Å²) in [6, 6.07) is 5.63. The van der Waals surface area contributed by atoms with Crippen LogP contribution in [0.4, 0.5) is 0 Å². The first-order valence-corrected chi connectivity index (χ1v) is 5.44. The Morgan fingerprint density at radius 1 is 1.29 bits per heavy atom. The molecule has 1 aromatic rings. The summed E-state index contributed by atoms with van der Waals surface area (Å²) in [7, 11) is 0. The fourth-order valence-electron chi connectivity index (χ4n) is 1.19. The van der Waals surface area contributed by atoms with Crippen LogP contribution < -0.4 is 4.74 Å². The molecule has 0 aliphatic carbocycles. The standard InChI is InChI=1S/C11H15BrO2/c1-7(2)14-9-4-5-11(12)10(6-9)8(3)13/h4-8,13H,1-3H3/t8-/m0/s1. The number of aliphatic hydroxyl groups is 1. The van der Waals surface area contributed by atoms with Gasteiger partial charge in [-0.1, -0.05) is 15.9 Å². The van der Waals surface area contributed by atoms with Crippen LogP contribution in [-0.4, -0.2) is 11.2 Å². The van der Waals surface area contributed by atoms with Gasteiger partial charge in [0.15, 0.2) is 0 Å². The second-order valence-corrected chi connectivity index (χ2v) is 4.38. The summed E-state index contributed by atoms with van der Waals surface area (Å²) >= 11 is 3.38. The predicted molar refractivity (Wildman–Crippen MR) is 60.5 cm³/mol. The molecule has 0 heterocycles. The number of aliphatic hydroxyl groups excluding tert-OH is 1. The average Bonchev–Trinajstić information content (AvgIpc) is 2.07. The van der Waals surface area contributed by atoms with Gasteiger partial charge in [-0.05, 0) is 44.5 Å². The van der Waals surface area contributed by atoms with E-state index in [1.165, 1.54) is 0 Å². The maximum atomic E-state index is 9.48. The van der Waals surface area contributed by atoms with E-state index in [0.29, 0.717) is 0 Å². The molecule has 0 unspecified atom stereocenters. The molecule has 1 atom stereocenters. The number of hydrogen-bond donors (Lipinski definition) is 1. The number of hydrogen-bond acceptors (Lipinski definition) is 2. The molecule has 0 aliphatic heterocycles. The zero-order valence-corrected chi connectivity index (χ0v) is 10.2. The minimum Gasteiger partial charge on any atom is -0.491 e. The molecule has 1 N–H and O–H groups in total. The number of rotatable bonds is 3. The normalized spacial score (nSPS) is 13.0. The summed E-state index contributed by atoms with van der Waals surface area (Å²) in [5, 5.41) is 9.48. The lowest BCUT2D eigenvalue weighted by molar-refractivity contribution is 0.196. The molecule has 0 bridgehead atoms. The summed E-state index contributed by atoms with van der Waals surface area (Å²) in [6.45, 7) is 5.69. The van der Waals surface area contributed by atoms with Gasteiger partial charge in [-0.15, -0.1) is 0 Å². The Morgan fingerprint density at radius 2 is 1.93 bits per heavy atom. The van der Waals surface area contributed by atoms with Gasteiger partial charge >= 0.3 is 0 Å². The van der Waals surface area contributed by atoms with Crippen LogP contribution in [0.1, 0.15) is 32.4 Å². The zero-order valence-electron chi connectivity index (χ0n) is 8.62. The lowest BCUT2D eigenvalue weighted by Crippen LogP contribution is -2.06. The van der Waals surface area contributed by atoms with E-state index in [-0.39, 0.29) is 6.10 Å². The molecular weight excluding hydrogens is 244 g/mol. The first-order valence-electron chi connectivity index (χ1n) is 4.65. The Bertz CT molecular complexity index is 308. The van der Waals surface area contributed by atoms with Gasteiger partial charge in [0, 0.05) is 4.47 Å². The molecule has 0 aromatic heterocycles. The fourth-order valence-corrected chi connectivity index (χ4v) is 1.77. The van der Waals surface area contributed by atoms with Crippen molar-refractivity contribution in [3.63, 3.8) is 0 Å². The first kappa shape index (κ1) is 11.5. The van der Waals surface area contributed by atoms with Gasteiger partial charge in [-0.2, -0.15) is 0 Å². The summed E-state index contributed by atoms with van der Waals surface area (Å²) in [6.07, 6.45) is -0.335. The van der Waals surface area contributed by atoms with E-state index in [9.17, 15) is 5.11 Å². The van der Waals surface area contributed by atoms with Crippen molar-refractivity contribution in [1.29, 1.82) is 0 Å². The van der Waals surface area contributed by atoms with Crippen molar-refractivity contribution in [3.8, 4) is 5.75 Å². The van der Waals surface area contributed by atoms with E-state index in [0.717, 1.165) is 15.8 Å². The van der Waals surface area contributed by atoms with Crippen LogP contribution in [-0.2, 0) is 0 Å². The highest BCUT2D eigenvalue weighted by molar-refractivity contribution is 9.10. The van der Waals surface area contributed by atoms with Gasteiger partial charge in [0.2, 0.25) is 0 Å². The Hall–Kier alpha value is -0.540. The van der Waals surface area contributed by atoms with Crippen LogP contribution >= 0.6 is 15.9 Å². The molecule has 0 saturated heterocycles. The van der Waals surface area contributed by atoms with Crippen LogP contribution in [0.5, 0.6) is 5.75 Å². The smallest absolute Gasteiger partial charge is 0.120 e. The maximum absolute atomic E-state index is 9.48. The predicted octanol–water partition coefficient (Wildman–Crippen LogP) is 3.29. The quantitative estimate of drug-likeness (QED) is 0.902. The number of benzene rings is 1. The zero-order chi connectivity index (χ0) is 10.7. The molecule has 0 spiro atoms. The van der Waals surface area contributed by atoms with Crippen LogP contribution in [0.3, 0.4) is 0 Å². The molecule has 14 heavy (non-hydrogen) atoms. The highest BCUT2D eigenvalue weighted by Gasteiger charge is 2.08. The average molecular weight is 259 g/mol. The molecule has 0 amide bonds. The highest BCUT2D eigenvalue weighted by Crippen LogP contribution is 2.27. The topological polar surface area (TPSA) is 29.5 Å². The van der Waals surface area contributed by atoms with Crippen LogP contribution in [0.2, 0.25) is 0 Å². The Balaban J connectivity index is 2.94. The van der Waals surface area contributed by atoms with Crippen molar-refractivity contribution >= 4 is 15.9 Å². The number of halogens is 1. The van der Waals surface area contributed by atoms with Crippen LogP contribution in [0.15, 0.2) is 22.7 Å². The molecule has 0 radical (unpaired) electrons. The minimum absolute atomic E-state index is 0.151. The van der Waals surface area contributed by atoms with E-state index in [1.54, 1.807) is 6.92 Å². The molecule has 0 saturated carbocycles. The summed E-state index contributed by atoms with van der Waals surface area (Å²) in [5.74, 6) is 0.791. The molecule has 1 aromatic carbocycles. The second-order valence-electron chi connectivity index (χ2n) is 3.53. The van der Waals surface area contributed by atoms with Crippen molar-refractivity contribution in [2.24, 2.45) is 0 Å². The Labute approximate surface area is 93.0 Å². The third-order valence-corrected chi connectivity index (χ3v) is 2.51. The van der Waals surface area contributed by atoms with Crippen molar-refractivity contribution in [2.75, 3.05) is 0 Å². The van der Waals surface area contributed by atoms with Crippen molar-refractivity contribution < 1.29 is 9.84 Å². The molecule has 3 heteroatoms. The second kappa shape index (κ2) is 4.80. The lowest BCUT2D eigenvalue weighted by atomic mass is 10.1. The van der Waals surface area contributed by atoms with Gasteiger partial charge in [-0.3, -0.25) is 0 Å². The van der Waals surface area contributed by atoms with Gasteiger partial charge in [0.05, 0.1) is 12.2 Å². The fraction of sp³-hybridized carbons (Fsp3) is 0.455.